The SMILES string of the molecule is O=Cc1cncn1C1CCNC1. The van der Waals surface area contributed by atoms with Gasteiger partial charge in [0.05, 0.1) is 12.5 Å². The van der Waals surface area contributed by atoms with Crippen LogP contribution in [-0.2, 0) is 0 Å². The van der Waals surface area contributed by atoms with Crippen LogP contribution in [0, 0.1) is 0 Å². The maximum Gasteiger partial charge on any atom is 0.168 e. The fourth-order valence-corrected chi connectivity index (χ4v) is 1.59. The first kappa shape index (κ1) is 7.49. The Balaban J connectivity index is 2.25. The van der Waals surface area contributed by atoms with Crippen LogP contribution in [0.2, 0.25) is 0 Å². The molecule has 2 rings (SSSR count). The average molecular weight is 165 g/mol. The molecule has 1 fully saturated rings. The van der Waals surface area contributed by atoms with Crippen molar-refractivity contribution in [1.29, 1.82) is 0 Å². The maximum absolute atomic E-state index is 10.6. The molecular formula is C8H11N3O. The molecule has 0 radical (unpaired) electrons. The maximum atomic E-state index is 10.6. The van der Waals surface area contributed by atoms with Crippen molar-refractivity contribution < 1.29 is 4.79 Å². The van der Waals surface area contributed by atoms with Crippen molar-refractivity contribution in [3.05, 3.63) is 18.2 Å². The molecule has 1 aromatic rings. The minimum Gasteiger partial charge on any atom is -0.324 e. The van der Waals surface area contributed by atoms with Crippen LogP contribution in [0.4, 0.5) is 0 Å². The lowest BCUT2D eigenvalue weighted by atomic mass is 10.2. The van der Waals surface area contributed by atoms with Gasteiger partial charge in [-0.3, -0.25) is 4.79 Å². The van der Waals surface area contributed by atoms with Crippen molar-refractivity contribution in [3.63, 3.8) is 0 Å². The summed E-state index contributed by atoms with van der Waals surface area (Å²) in [6.45, 7) is 1.97. The lowest BCUT2D eigenvalue weighted by Gasteiger charge is -2.10. The second-order valence-corrected chi connectivity index (χ2v) is 2.99. The van der Waals surface area contributed by atoms with Gasteiger partial charge in [-0.1, -0.05) is 0 Å². The Kier molecular flexibility index (Phi) is 1.91. The predicted molar refractivity (Wildman–Crippen MR) is 44.1 cm³/mol. The quantitative estimate of drug-likeness (QED) is 0.638. The summed E-state index contributed by atoms with van der Waals surface area (Å²) in [5.74, 6) is 0. The second-order valence-electron chi connectivity index (χ2n) is 2.99. The van der Waals surface area contributed by atoms with Crippen LogP contribution < -0.4 is 5.32 Å². The van der Waals surface area contributed by atoms with Crippen LogP contribution in [-0.4, -0.2) is 28.9 Å². The van der Waals surface area contributed by atoms with E-state index in [4.69, 9.17) is 0 Å². The van der Waals surface area contributed by atoms with Gasteiger partial charge in [0.1, 0.15) is 5.69 Å². The number of aromatic nitrogens is 2. The third-order valence-electron chi connectivity index (χ3n) is 2.24. The van der Waals surface area contributed by atoms with E-state index in [1.807, 2.05) is 4.57 Å². The van der Waals surface area contributed by atoms with Gasteiger partial charge in [-0.15, -0.1) is 0 Å². The topological polar surface area (TPSA) is 46.9 Å². The molecule has 1 aliphatic heterocycles. The number of carbonyl (C=O) groups is 1. The molecule has 2 heterocycles. The van der Waals surface area contributed by atoms with Crippen molar-refractivity contribution in [2.75, 3.05) is 13.1 Å². The zero-order chi connectivity index (χ0) is 8.39. The first-order valence-electron chi connectivity index (χ1n) is 4.09. The number of nitrogens with zero attached hydrogens (tertiary/aromatic N) is 2. The van der Waals surface area contributed by atoms with Crippen molar-refractivity contribution in [2.45, 2.75) is 12.5 Å². The van der Waals surface area contributed by atoms with Crippen molar-refractivity contribution in [2.24, 2.45) is 0 Å². The summed E-state index contributed by atoms with van der Waals surface area (Å²) in [4.78, 5) is 14.5. The van der Waals surface area contributed by atoms with E-state index in [0.717, 1.165) is 25.8 Å². The molecule has 4 nitrogen and oxygen atoms in total. The van der Waals surface area contributed by atoms with Crippen molar-refractivity contribution >= 4 is 6.29 Å². The van der Waals surface area contributed by atoms with Gasteiger partial charge in [-0.25, -0.2) is 4.98 Å². The van der Waals surface area contributed by atoms with Crippen LogP contribution >= 0.6 is 0 Å². The zero-order valence-corrected chi connectivity index (χ0v) is 6.73. The molecule has 0 aromatic carbocycles. The third kappa shape index (κ3) is 1.14. The van der Waals surface area contributed by atoms with Crippen LogP contribution in [0.1, 0.15) is 23.0 Å². The highest BCUT2D eigenvalue weighted by Gasteiger charge is 2.17. The number of hydrogen-bond acceptors (Lipinski definition) is 3. The van der Waals surface area contributed by atoms with Gasteiger partial charge in [-0.05, 0) is 13.0 Å². The average Bonchev–Trinajstić information content (AvgIpc) is 2.74. The first-order valence-corrected chi connectivity index (χ1v) is 4.09. The van der Waals surface area contributed by atoms with E-state index < -0.39 is 0 Å². The summed E-state index contributed by atoms with van der Waals surface area (Å²) in [5, 5.41) is 3.25. The van der Waals surface area contributed by atoms with E-state index in [-0.39, 0.29) is 0 Å². The van der Waals surface area contributed by atoms with E-state index >= 15 is 0 Å². The van der Waals surface area contributed by atoms with Crippen LogP contribution in [0.25, 0.3) is 0 Å². The number of hydrogen-bond donors (Lipinski definition) is 1. The molecule has 1 unspecified atom stereocenters. The van der Waals surface area contributed by atoms with E-state index in [1.165, 1.54) is 0 Å². The Morgan fingerprint density at radius 2 is 2.67 bits per heavy atom. The molecule has 0 bridgehead atoms. The van der Waals surface area contributed by atoms with E-state index in [0.29, 0.717) is 11.7 Å². The Morgan fingerprint density at radius 3 is 3.33 bits per heavy atom. The molecule has 1 saturated heterocycles. The molecule has 64 valence electrons. The van der Waals surface area contributed by atoms with Crippen molar-refractivity contribution in [3.8, 4) is 0 Å². The fourth-order valence-electron chi connectivity index (χ4n) is 1.59. The Bertz CT molecular complexity index is 276. The molecule has 0 aliphatic carbocycles. The van der Waals surface area contributed by atoms with Gasteiger partial charge in [0.15, 0.2) is 6.29 Å². The summed E-state index contributed by atoms with van der Waals surface area (Å²) in [6.07, 6.45) is 5.26. The van der Waals surface area contributed by atoms with E-state index in [1.54, 1.807) is 12.5 Å². The molecule has 1 aromatic heterocycles. The molecule has 4 heteroatoms. The molecule has 0 amide bonds. The lowest BCUT2D eigenvalue weighted by Crippen LogP contribution is -2.14. The van der Waals surface area contributed by atoms with Gasteiger partial charge < -0.3 is 9.88 Å². The molecule has 1 N–H and O–H groups in total. The van der Waals surface area contributed by atoms with E-state index in [9.17, 15) is 4.79 Å². The number of nitrogens with one attached hydrogen (secondary N) is 1. The minimum atomic E-state index is 0.410. The number of carbonyl (C=O) groups excluding carboxylic acids is 1. The van der Waals surface area contributed by atoms with Gasteiger partial charge in [0.25, 0.3) is 0 Å². The minimum absolute atomic E-state index is 0.410. The molecule has 0 saturated carbocycles. The first-order chi connectivity index (χ1) is 5.92. The summed E-state index contributed by atoms with van der Waals surface area (Å²) < 4.78 is 1.94. The Labute approximate surface area is 70.6 Å². The Hall–Kier alpha value is -1.16. The Morgan fingerprint density at radius 1 is 1.75 bits per heavy atom. The van der Waals surface area contributed by atoms with Gasteiger partial charge in [-0.2, -0.15) is 0 Å². The normalized spacial score (nSPS) is 22.8. The van der Waals surface area contributed by atoms with Crippen LogP contribution in [0.15, 0.2) is 12.5 Å². The number of imidazole rings is 1. The predicted octanol–water partition coefficient (Wildman–Crippen LogP) is 0.230. The van der Waals surface area contributed by atoms with Crippen LogP contribution in [0.5, 0.6) is 0 Å². The standard InChI is InChI=1S/C8H11N3O/c12-5-8-4-10-6-11(8)7-1-2-9-3-7/h4-7,9H,1-3H2. The van der Waals surface area contributed by atoms with E-state index in [2.05, 4.69) is 10.3 Å². The highest BCUT2D eigenvalue weighted by molar-refractivity contribution is 5.71. The number of aldehydes is 1. The number of rotatable bonds is 2. The van der Waals surface area contributed by atoms with Crippen molar-refractivity contribution in [1.82, 2.24) is 14.9 Å². The highest BCUT2D eigenvalue weighted by atomic mass is 16.1. The lowest BCUT2D eigenvalue weighted by molar-refractivity contribution is 0.111. The van der Waals surface area contributed by atoms with Gasteiger partial charge in [0, 0.05) is 12.6 Å². The smallest absolute Gasteiger partial charge is 0.168 e. The second kappa shape index (κ2) is 3.06. The van der Waals surface area contributed by atoms with Gasteiger partial charge in [0.2, 0.25) is 0 Å². The summed E-state index contributed by atoms with van der Waals surface area (Å²) >= 11 is 0. The van der Waals surface area contributed by atoms with Crippen LogP contribution in [0.3, 0.4) is 0 Å². The van der Waals surface area contributed by atoms with Gasteiger partial charge >= 0.3 is 0 Å². The summed E-state index contributed by atoms with van der Waals surface area (Å²) in [7, 11) is 0. The summed E-state index contributed by atoms with van der Waals surface area (Å²) in [6, 6.07) is 0.410. The largest absolute Gasteiger partial charge is 0.324 e. The molecule has 12 heavy (non-hydrogen) atoms. The molecule has 1 aliphatic rings. The molecule has 0 spiro atoms. The highest BCUT2D eigenvalue weighted by Crippen LogP contribution is 2.15. The fraction of sp³-hybridized carbons (Fsp3) is 0.500. The third-order valence-corrected chi connectivity index (χ3v) is 2.24. The monoisotopic (exact) mass is 165 g/mol. The molecule has 1 atom stereocenters. The summed E-state index contributed by atoms with van der Waals surface area (Å²) in [5.41, 5.74) is 0.670. The molecular weight excluding hydrogens is 154 g/mol. The zero-order valence-electron chi connectivity index (χ0n) is 6.73.